The van der Waals surface area contributed by atoms with Gasteiger partial charge in [0, 0.05) is 18.4 Å². The summed E-state index contributed by atoms with van der Waals surface area (Å²) in [7, 11) is -3.56. The fourth-order valence-corrected chi connectivity index (χ4v) is 5.58. The van der Waals surface area contributed by atoms with Gasteiger partial charge >= 0.3 is 0 Å². The average molecular weight is 354 g/mol. The molecule has 2 aliphatic rings. The summed E-state index contributed by atoms with van der Waals surface area (Å²) in [6.45, 7) is 1.09. The lowest BCUT2D eigenvalue weighted by Gasteiger charge is -2.19. The van der Waals surface area contributed by atoms with Gasteiger partial charge in [-0.1, -0.05) is 30.7 Å². The van der Waals surface area contributed by atoms with Crippen LogP contribution in [0.3, 0.4) is 0 Å². The van der Waals surface area contributed by atoms with Gasteiger partial charge in [0.25, 0.3) is 10.0 Å². The maximum absolute atomic E-state index is 13.1. The van der Waals surface area contributed by atoms with E-state index < -0.39 is 10.0 Å². The highest BCUT2D eigenvalue weighted by Crippen LogP contribution is 2.42. The van der Waals surface area contributed by atoms with Crippen LogP contribution in [-0.4, -0.2) is 23.2 Å². The van der Waals surface area contributed by atoms with Gasteiger partial charge in [0.05, 0.1) is 17.1 Å². The molecule has 0 bridgehead atoms. The monoisotopic (exact) mass is 354 g/mol. The van der Waals surface area contributed by atoms with E-state index in [0.29, 0.717) is 4.90 Å². The van der Waals surface area contributed by atoms with Crippen LogP contribution >= 0.6 is 0 Å². The molecule has 1 aromatic heterocycles. The molecule has 0 N–H and O–H groups in total. The minimum absolute atomic E-state index is 0.225. The predicted octanol–water partition coefficient (Wildman–Crippen LogP) is 2.87. The van der Waals surface area contributed by atoms with Crippen LogP contribution in [0.1, 0.15) is 30.9 Å². The highest BCUT2D eigenvalue weighted by Gasteiger charge is 2.36. The summed E-state index contributed by atoms with van der Waals surface area (Å²) in [4.78, 5) is 0.385. The molecule has 0 unspecified atom stereocenters. The molecule has 0 saturated carbocycles. The van der Waals surface area contributed by atoms with Crippen LogP contribution < -0.4 is 4.31 Å². The van der Waals surface area contributed by atoms with Crippen LogP contribution in [0.2, 0.25) is 0 Å². The molecule has 3 heterocycles. The number of rotatable bonds is 2. The van der Waals surface area contributed by atoms with E-state index in [-0.39, 0.29) is 6.54 Å². The fraction of sp³-hybridized carbons (Fsp3) is 0.333. The number of sulfonamides is 1. The van der Waals surface area contributed by atoms with Gasteiger partial charge in [-0.3, -0.25) is 4.31 Å². The lowest BCUT2D eigenvalue weighted by molar-refractivity contribution is 0.583. The second-order valence-corrected chi connectivity index (χ2v) is 8.47. The van der Waals surface area contributed by atoms with Crippen molar-refractivity contribution in [2.45, 2.75) is 43.7 Å². The summed E-state index contributed by atoms with van der Waals surface area (Å²) >= 11 is 0. The lowest BCUT2D eigenvalue weighted by Crippen LogP contribution is -2.28. The Morgan fingerprint density at radius 2 is 1.84 bits per heavy atom. The van der Waals surface area contributed by atoms with Crippen molar-refractivity contribution in [1.82, 2.24) is 14.8 Å². The van der Waals surface area contributed by atoms with E-state index >= 15 is 0 Å². The second-order valence-electron chi connectivity index (χ2n) is 6.64. The Labute approximate surface area is 146 Å². The molecule has 0 spiro atoms. The summed E-state index contributed by atoms with van der Waals surface area (Å²) in [6.07, 6.45) is 4.29. The van der Waals surface area contributed by atoms with Crippen molar-refractivity contribution in [3.8, 4) is 0 Å². The number of hydrogen-bond donors (Lipinski definition) is 0. The van der Waals surface area contributed by atoms with Crippen LogP contribution in [0.25, 0.3) is 10.8 Å². The first-order chi connectivity index (χ1) is 12.2. The molecule has 0 fully saturated rings. The van der Waals surface area contributed by atoms with E-state index in [0.717, 1.165) is 53.9 Å². The van der Waals surface area contributed by atoms with Crippen LogP contribution in [0, 0.1) is 0 Å². The van der Waals surface area contributed by atoms with Gasteiger partial charge in [0.2, 0.25) is 0 Å². The molecule has 2 aliphatic heterocycles. The number of fused-ring (bicyclic) bond motifs is 1. The number of nitrogens with zero attached hydrogens (tertiary/aromatic N) is 4. The van der Waals surface area contributed by atoms with E-state index in [4.69, 9.17) is 0 Å². The van der Waals surface area contributed by atoms with Crippen LogP contribution in [-0.2, 0) is 29.5 Å². The Balaban J connectivity index is 1.62. The zero-order valence-corrected chi connectivity index (χ0v) is 14.5. The molecule has 0 radical (unpaired) electrons. The summed E-state index contributed by atoms with van der Waals surface area (Å²) in [5.74, 6) is 1.70. The lowest BCUT2D eigenvalue weighted by atomic mass is 10.1. The molecule has 0 amide bonds. The topological polar surface area (TPSA) is 68.1 Å². The Bertz CT molecular complexity index is 1080. The van der Waals surface area contributed by atoms with Gasteiger partial charge in [-0.2, -0.15) is 0 Å². The smallest absolute Gasteiger partial charge is 0.265 e. The van der Waals surface area contributed by atoms with E-state index in [1.54, 1.807) is 12.1 Å². The van der Waals surface area contributed by atoms with Crippen molar-refractivity contribution >= 4 is 26.5 Å². The largest absolute Gasteiger partial charge is 0.313 e. The molecular weight excluding hydrogens is 336 g/mol. The highest BCUT2D eigenvalue weighted by atomic mass is 32.2. The third-order valence-electron chi connectivity index (χ3n) is 5.15. The first-order valence-corrected chi connectivity index (χ1v) is 10.1. The minimum atomic E-state index is -3.56. The highest BCUT2D eigenvalue weighted by molar-refractivity contribution is 7.93. The molecule has 0 aliphatic carbocycles. The Morgan fingerprint density at radius 1 is 1.00 bits per heavy atom. The normalized spacial score (nSPS) is 18.3. The molecule has 2 aromatic carbocycles. The summed E-state index contributed by atoms with van der Waals surface area (Å²) in [5.41, 5.74) is 0.735. The molecule has 128 valence electrons. The zero-order chi connectivity index (χ0) is 17.0. The third-order valence-corrected chi connectivity index (χ3v) is 6.95. The van der Waals surface area contributed by atoms with E-state index in [1.165, 1.54) is 10.7 Å². The maximum atomic E-state index is 13.1. The molecule has 6 nitrogen and oxygen atoms in total. The minimum Gasteiger partial charge on any atom is -0.313 e. The van der Waals surface area contributed by atoms with Gasteiger partial charge in [0.1, 0.15) is 5.82 Å². The standard InChI is InChI=1S/C18H18N4O2S/c23-25(24)15-9-5-7-13-6-4-8-14(18(13)15)22(25)12-17-20-19-16-10-2-1-3-11-21(16)17/h4-9H,1-3,10-12H2. The van der Waals surface area contributed by atoms with Gasteiger partial charge < -0.3 is 4.57 Å². The van der Waals surface area contributed by atoms with E-state index in [9.17, 15) is 8.42 Å². The quantitative estimate of drug-likeness (QED) is 0.710. The number of aromatic nitrogens is 3. The van der Waals surface area contributed by atoms with Crippen molar-refractivity contribution in [1.29, 1.82) is 0 Å². The van der Waals surface area contributed by atoms with Gasteiger partial charge in [-0.15, -0.1) is 10.2 Å². The SMILES string of the molecule is O=S1(=O)c2cccc3cccc(c23)N1Cc1nnc2n1CCCCC2. The van der Waals surface area contributed by atoms with Gasteiger partial charge in [0.15, 0.2) is 5.82 Å². The third kappa shape index (κ3) is 2.12. The summed E-state index contributed by atoms with van der Waals surface area (Å²) in [5, 5.41) is 10.3. The molecule has 0 atom stereocenters. The predicted molar refractivity (Wildman–Crippen MR) is 94.9 cm³/mol. The molecule has 25 heavy (non-hydrogen) atoms. The summed E-state index contributed by atoms with van der Waals surface area (Å²) in [6, 6.07) is 11.2. The van der Waals surface area contributed by atoms with Crippen molar-refractivity contribution < 1.29 is 8.42 Å². The number of aryl methyl sites for hydroxylation is 1. The second kappa shape index (κ2) is 5.29. The van der Waals surface area contributed by atoms with Crippen molar-refractivity contribution in [2.75, 3.05) is 4.31 Å². The van der Waals surface area contributed by atoms with Crippen molar-refractivity contribution in [3.05, 3.63) is 48.0 Å². The van der Waals surface area contributed by atoms with Crippen LogP contribution in [0.15, 0.2) is 41.3 Å². The Hall–Kier alpha value is -2.41. The molecular formula is C18H18N4O2S. The fourth-order valence-electron chi connectivity index (χ4n) is 3.92. The first kappa shape index (κ1) is 14.9. The molecule has 3 aromatic rings. The van der Waals surface area contributed by atoms with Crippen LogP contribution in [0.5, 0.6) is 0 Å². The maximum Gasteiger partial charge on any atom is 0.265 e. The summed E-state index contributed by atoms with van der Waals surface area (Å²) < 4.78 is 29.8. The molecule has 5 rings (SSSR count). The van der Waals surface area contributed by atoms with Gasteiger partial charge in [-0.25, -0.2) is 8.42 Å². The Kier molecular flexibility index (Phi) is 3.15. The molecule has 7 heteroatoms. The Morgan fingerprint density at radius 3 is 2.72 bits per heavy atom. The van der Waals surface area contributed by atoms with Crippen molar-refractivity contribution in [3.63, 3.8) is 0 Å². The van der Waals surface area contributed by atoms with Crippen molar-refractivity contribution in [2.24, 2.45) is 0 Å². The van der Waals surface area contributed by atoms with E-state index in [1.807, 2.05) is 24.3 Å². The molecule has 0 saturated heterocycles. The number of anilines is 1. The average Bonchev–Trinajstić information content (AvgIpc) is 2.96. The zero-order valence-electron chi connectivity index (χ0n) is 13.7. The number of hydrogen-bond acceptors (Lipinski definition) is 4. The van der Waals surface area contributed by atoms with Crippen LogP contribution in [0.4, 0.5) is 5.69 Å². The first-order valence-electron chi connectivity index (χ1n) is 8.62. The number of benzene rings is 2. The van der Waals surface area contributed by atoms with Gasteiger partial charge in [-0.05, 0) is 30.4 Å². The van der Waals surface area contributed by atoms with E-state index in [2.05, 4.69) is 14.8 Å².